The molecule has 0 heterocycles. The van der Waals surface area contributed by atoms with Gasteiger partial charge in [0.2, 0.25) is 0 Å². The number of fused-ring (bicyclic) bond motifs is 2. The van der Waals surface area contributed by atoms with Crippen LogP contribution in [0.3, 0.4) is 0 Å². The first-order valence-electron chi connectivity index (χ1n) is 6.34. The Morgan fingerprint density at radius 3 is 2.65 bits per heavy atom. The Kier molecular flexibility index (Phi) is 2.75. The average molecular weight is 231 g/mol. The van der Waals surface area contributed by atoms with Gasteiger partial charge in [0, 0.05) is 5.69 Å². The Hall–Kier alpha value is -1.51. The topological polar surface area (TPSA) is 38.3 Å². The van der Waals surface area contributed by atoms with Crippen LogP contribution in [0.15, 0.2) is 30.3 Å². The number of carbonyl (C=O) groups excluding carboxylic acids is 1. The Morgan fingerprint density at radius 2 is 2.00 bits per heavy atom. The summed E-state index contributed by atoms with van der Waals surface area (Å²) >= 11 is 0. The second kappa shape index (κ2) is 4.40. The number of anilines is 1. The minimum atomic E-state index is -0.311. The van der Waals surface area contributed by atoms with Crippen LogP contribution in [0.2, 0.25) is 0 Å². The minimum Gasteiger partial charge on any atom is -0.446 e. The van der Waals surface area contributed by atoms with Crippen molar-refractivity contribution in [2.24, 2.45) is 11.8 Å². The molecule has 17 heavy (non-hydrogen) atoms. The predicted octanol–water partition coefficient (Wildman–Crippen LogP) is 3.42. The third-order valence-electron chi connectivity index (χ3n) is 3.95. The van der Waals surface area contributed by atoms with Crippen molar-refractivity contribution < 1.29 is 9.53 Å². The lowest BCUT2D eigenvalue weighted by atomic mass is 9.98. The van der Waals surface area contributed by atoms with E-state index in [-0.39, 0.29) is 12.2 Å². The number of rotatable bonds is 2. The molecule has 90 valence electrons. The fraction of sp³-hybridized carbons (Fsp3) is 0.500. The molecule has 1 aromatic carbocycles. The molecule has 2 bridgehead atoms. The van der Waals surface area contributed by atoms with Crippen molar-refractivity contribution in [1.29, 1.82) is 0 Å². The summed E-state index contributed by atoms with van der Waals surface area (Å²) in [6.45, 7) is 0. The molecule has 2 aliphatic rings. The van der Waals surface area contributed by atoms with Gasteiger partial charge < -0.3 is 4.74 Å². The van der Waals surface area contributed by atoms with Crippen molar-refractivity contribution in [2.45, 2.75) is 31.8 Å². The molecule has 2 fully saturated rings. The number of benzene rings is 1. The molecule has 1 N–H and O–H groups in total. The normalized spacial score (nSPS) is 30.2. The zero-order valence-electron chi connectivity index (χ0n) is 9.76. The molecule has 3 nitrogen and oxygen atoms in total. The summed E-state index contributed by atoms with van der Waals surface area (Å²) in [7, 11) is 0. The van der Waals surface area contributed by atoms with E-state index in [1.807, 2.05) is 30.3 Å². The van der Waals surface area contributed by atoms with E-state index >= 15 is 0 Å². The molecule has 0 radical (unpaired) electrons. The zero-order chi connectivity index (χ0) is 11.7. The molecule has 0 spiro atoms. The Morgan fingerprint density at radius 1 is 1.18 bits per heavy atom. The quantitative estimate of drug-likeness (QED) is 0.846. The minimum absolute atomic E-state index is 0.150. The van der Waals surface area contributed by atoms with Crippen LogP contribution in [0.25, 0.3) is 0 Å². The maximum absolute atomic E-state index is 11.7. The monoisotopic (exact) mass is 231 g/mol. The van der Waals surface area contributed by atoms with Gasteiger partial charge in [0.25, 0.3) is 0 Å². The number of carbonyl (C=O) groups is 1. The number of ether oxygens (including phenoxy) is 1. The van der Waals surface area contributed by atoms with Crippen LogP contribution in [0.5, 0.6) is 0 Å². The first kappa shape index (κ1) is 10.6. The van der Waals surface area contributed by atoms with Gasteiger partial charge in [-0.1, -0.05) is 18.2 Å². The number of amides is 1. The molecule has 1 aromatic rings. The van der Waals surface area contributed by atoms with Gasteiger partial charge in [-0.25, -0.2) is 4.79 Å². The second-order valence-corrected chi connectivity index (χ2v) is 5.11. The summed E-state index contributed by atoms with van der Waals surface area (Å²) in [6, 6.07) is 9.44. The highest BCUT2D eigenvalue weighted by atomic mass is 16.6. The molecule has 1 amide bonds. The average Bonchev–Trinajstić information content (AvgIpc) is 2.92. The Labute approximate surface area is 101 Å². The van der Waals surface area contributed by atoms with Crippen LogP contribution in [0.4, 0.5) is 10.5 Å². The van der Waals surface area contributed by atoms with E-state index in [4.69, 9.17) is 4.74 Å². The van der Waals surface area contributed by atoms with Crippen molar-refractivity contribution in [3.8, 4) is 0 Å². The number of hydrogen-bond acceptors (Lipinski definition) is 2. The SMILES string of the molecule is O=C(Nc1ccccc1)O[C@H]1C[C@H]2CC[C@@H]1C2. The van der Waals surface area contributed by atoms with Gasteiger partial charge >= 0.3 is 6.09 Å². The number of hydrogen-bond donors (Lipinski definition) is 1. The predicted molar refractivity (Wildman–Crippen MR) is 65.8 cm³/mol. The number of nitrogens with one attached hydrogen (secondary N) is 1. The maximum Gasteiger partial charge on any atom is 0.411 e. The highest BCUT2D eigenvalue weighted by Crippen LogP contribution is 2.45. The molecule has 3 rings (SSSR count). The first-order valence-corrected chi connectivity index (χ1v) is 6.34. The largest absolute Gasteiger partial charge is 0.446 e. The van der Waals surface area contributed by atoms with Gasteiger partial charge in [-0.3, -0.25) is 5.32 Å². The Bertz CT molecular complexity index is 404. The second-order valence-electron chi connectivity index (χ2n) is 5.11. The molecular weight excluding hydrogens is 214 g/mol. The van der Waals surface area contributed by atoms with Gasteiger partial charge in [0.1, 0.15) is 6.10 Å². The third kappa shape index (κ3) is 2.28. The van der Waals surface area contributed by atoms with E-state index in [2.05, 4.69) is 5.32 Å². The van der Waals surface area contributed by atoms with Crippen molar-refractivity contribution in [2.75, 3.05) is 5.32 Å². The van der Waals surface area contributed by atoms with E-state index in [0.717, 1.165) is 18.0 Å². The summed E-state index contributed by atoms with van der Waals surface area (Å²) in [6.07, 6.45) is 4.71. The van der Waals surface area contributed by atoms with Crippen LogP contribution < -0.4 is 5.32 Å². The zero-order valence-corrected chi connectivity index (χ0v) is 9.76. The van der Waals surface area contributed by atoms with Crippen LogP contribution in [-0.2, 0) is 4.74 Å². The molecule has 3 atom stereocenters. The smallest absolute Gasteiger partial charge is 0.411 e. The van der Waals surface area contributed by atoms with E-state index in [1.165, 1.54) is 19.3 Å². The Balaban J connectivity index is 1.54. The summed E-state index contributed by atoms with van der Waals surface area (Å²) in [4.78, 5) is 11.7. The molecular formula is C14H17NO2. The van der Waals surface area contributed by atoms with Crippen molar-refractivity contribution in [3.05, 3.63) is 30.3 Å². The molecule has 3 heteroatoms. The molecule has 0 saturated heterocycles. The summed E-state index contributed by atoms with van der Waals surface area (Å²) < 4.78 is 5.50. The lowest BCUT2D eigenvalue weighted by Gasteiger charge is -2.21. The fourth-order valence-corrected chi connectivity index (χ4v) is 3.14. The van der Waals surface area contributed by atoms with Gasteiger partial charge in [-0.15, -0.1) is 0 Å². The van der Waals surface area contributed by atoms with Gasteiger partial charge in [-0.05, 0) is 49.7 Å². The number of para-hydroxylation sites is 1. The highest BCUT2D eigenvalue weighted by Gasteiger charge is 2.41. The van der Waals surface area contributed by atoms with Crippen molar-refractivity contribution in [3.63, 3.8) is 0 Å². The van der Waals surface area contributed by atoms with Crippen molar-refractivity contribution in [1.82, 2.24) is 0 Å². The maximum atomic E-state index is 11.7. The van der Waals surface area contributed by atoms with Crippen LogP contribution in [0.1, 0.15) is 25.7 Å². The molecule has 2 aliphatic carbocycles. The molecule has 0 aromatic heterocycles. The van der Waals surface area contributed by atoms with Crippen molar-refractivity contribution >= 4 is 11.8 Å². The van der Waals surface area contributed by atoms with Gasteiger partial charge in [-0.2, -0.15) is 0 Å². The lowest BCUT2D eigenvalue weighted by Crippen LogP contribution is -2.26. The van der Waals surface area contributed by atoms with E-state index in [0.29, 0.717) is 5.92 Å². The van der Waals surface area contributed by atoms with Gasteiger partial charge in [0.05, 0.1) is 0 Å². The summed E-state index contributed by atoms with van der Waals surface area (Å²) in [5.41, 5.74) is 0.792. The fourth-order valence-electron chi connectivity index (χ4n) is 3.14. The first-order chi connectivity index (χ1) is 8.31. The summed E-state index contributed by atoms with van der Waals surface area (Å²) in [5.74, 6) is 1.41. The summed E-state index contributed by atoms with van der Waals surface area (Å²) in [5, 5.41) is 2.77. The third-order valence-corrected chi connectivity index (χ3v) is 3.95. The molecule has 2 saturated carbocycles. The van der Waals surface area contributed by atoms with Crippen LogP contribution in [-0.4, -0.2) is 12.2 Å². The van der Waals surface area contributed by atoms with E-state index in [9.17, 15) is 4.79 Å². The van der Waals surface area contributed by atoms with Gasteiger partial charge in [0.15, 0.2) is 0 Å². The van der Waals surface area contributed by atoms with Crippen LogP contribution in [0, 0.1) is 11.8 Å². The van der Waals surface area contributed by atoms with Crippen LogP contribution >= 0.6 is 0 Å². The van der Waals surface area contributed by atoms with E-state index < -0.39 is 0 Å². The highest BCUT2D eigenvalue weighted by molar-refractivity contribution is 5.84. The van der Waals surface area contributed by atoms with E-state index in [1.54, 1.807) is 0 Å². The molecule has 0 aliphatic heterocycles. The lowest BCUT2D eigenvalue weighted by molar-refractivity contribution is 0.0755. The molecule has 0 unspecified atom stereocenters. The standard InChI is InChI=1S/C14H17NO2/c16-14(15-12-4-2-1-3-5-12)17-13-9-10-6-7-11(13)8-10/h1-5,10-11,13H,6-9H2,(H,15,16)/t10-,11+,13-/m0/s1.